The molecule has 0 fully saturated rings. The van der Waals surface area contributed by atoms with Crippen molar-refractivity contribution in [3.8, 4) is 0 Å². The van der Waals surface area contributed by atoms with Gasteiger partial charge in [0.15, 0.2) is 0 Å². The minimum absolute atomic E-state index is 0.785. The molecule has 360 valence electrons. The summed E-state index contributed by atoms with van der Waals surface area (Å²) in [6, 6.07) is 63.0. The maximum absolute atomic E-state index is 2.54. The largest absolute Gasteiger partial charge is 0.310 e. The Balaban J connectivity index is 1.34. The molecule has 0 amide bonds. The van der Waals surface area contributed by atoms with Gasteiger partial charge in [-0.15, -0.1) is 0 Å². The Morgan fingerprint density at radius 1 is 0.306 bits per heavy atom. The number of rotatable bonds is 9. The van der Waals surface area contributed by atoms with Gasteiger partial charge in [-0.2, -0.15) is 0 Å². The quantitative estimate of drug-likeness (QED) is 0.143. The van der Waals surface area contributed by atoms with Gasteiger partial charge in [0.2, 0.25) is 0 Å². The highest BCUT2D eigenvalue weighted by Crippen LogP contribution is 2.59. The zero-order valence-electron chi connectivity index (χ0n) is 44.9. The van der Waals surface area contributed by atoms with Crippen molar-refractivity contribution in [1.29, 1.82) is 0 Å². The Labute approximate surface area is 430 Å². The molecule has 9 aromatic carbocycles. The van der Waals surface area contributed by atoms with Crippen LogP contribution < -0.4 is 14.7 Å². The highest BCUT2D eigenvalue weighted by Gasteiger charge is 2.47. The number of hydrogen-bond donors (Lipinski definition) is 0. The minimum atomic E-state index is -0.785. The third kappa shape index (κ3) is 8.10. The smallest absolute Gasteiger partial charge is 0.0743 e. The molecule has 9 aromatic rings. The van der Waals surface area contributed by atoms with E-state index in [1.807, 2.05) is 0 Å². The second kappa shape index (κ2) is 18.5. The number of fused-ring (bicyclic) bond motifs is 2. The van der Waals surface area contributed by atoms with Crippen LogP contribution >= 0.6 is 0 Å². The second-order valence-electron chi connectivity index (χ2n) is 21.1. The van der Waals surface area contributed by atoms with Crippen LogP contribution in [-0.2, 0) is 5.41 Å². The predicted molar refractivity (Wildman–Crippen MR) is 309 cm³/mol. The van der Waals surface area contributed by atoms with Crippen LogP contribution in [0.4, 0.5) is 51.2 Å². The number of hydrogen-bond acceptors (Lipinski definition) is 3. The molecule has 1 heterocycles. The second-order valence-corrected chi connectivity index (χ2v) is 21.1. The van der Waals surface area contributed by atoms with Crippen molar-refractivity contribution in [1.82, 2.24) is 0 Å². The number of nitrogens with zero attached hydrogens (tertiary/aromatic N) is 3. The molecule has 0 unspecified atom stereocenters. The van der Waals surface area contributed by atoms with Gasteiger partial charge in [0, 0.05) is 39.8 Å². The van der Waals surface area contributed by atoms with Crippen molar-refractivity contribution < 1.29 is 0 Å². The monoisotopic (exact) mass is 940 g/mol. The summed E-state index contributed by atoms with van der Waals surface area (Å²) in [6.07, 6.45) is 0. The first kappa shape index (κ1) is 48.0. The van der Waals surface area contributed by atoms with Crippen LogP contribution in [0.5, 0.6) is 0 Å². The Kier molecular flexibility index (Phi) is 12.4. The molecular weight excluding hydrogens is 871 g/mol. The third-order valence-corrected chi connectivity index (χ3v) is 15.8. The topological polar surface area (TPSA) is 9.72 Å². The molecule has 0 saturated carbocycles. The summed E-state index contributed by atoms with van der Waals surface area (Å²) >= 11 is 0. The van der Waals surface area contributed by atoms with E-state index < -0.39 is 5.41 Å². The van der Waals surface area contributed by atoms with Crippen molar-refractivity contribution in [3.05, 3.63) is 264 Å². The average molecular weight is 940 g/mol. The molecule has 0 spiro atoms. The third-order valence-electron chi connectivity index (χ3n) is 15.8. The molecule has 3 nitrogen and oxygen atoms in total. The van der Waals surface area contributed by atoms with E-state index in [4.69, 9.17) is 0 Å². The SMILES string of the molecule is Cc1ccc(N2c3ccccc3C(c3cccc(N(c4cc(C)cc(C)c4C)c4cc(C)cc(C)c4C)c3)(c3cccc(N(c4cc(C)cc(C)c4C)c4cc(C)cc(C)c4C)c3)c3cc(C)ccc32)cc1. The lowest BCUT2D eigenvalue weighted by Gasteiger charge is -2.47. The summed E-state index contributed by atoms with van der Waals surface area (Å²) in [5.41, 5.74) is 32.2. The number of aryl methyl sites for hydroxylation is 10. The van der Waals surface area contributed by atoms with E-state index in [-0.39, 0.29) is 0 Å². The van der Waals surface area contributed by atoms with E-state index >= 15 is 0 Å². The van der Waals surface area contributed by atoms with Crippen molar-refractivity contribution in [2.45, 2.75) is 102 Å². The number of para-hydroxylation sites is 1. The molecule has 0 radical (unpaired) electrons. The summed E-state index contributed by atoms with van der Waals surface area (Å²) < 4.78 is 0. The van der Waals surface area contributed by atoms with Gasteiger partial charge in [-0.05, 0) is 259 Å². The van der Waals surface area contributed by atoms with E-state index in [1.165, 1.54) is 129 Å². The van der Waals surface area contributed by atoms with E-state index in [9.17, 15) is 0 Å². The molecule has 0 aliphatic carbocycles. The van der Waals surface area contributed by atoms with Gasteiger partial charge in [0.1, 0.15) is 0 Å². The fraction of sp³-hybridized carbons (Fsp3) is 0.217. The van der Waals surface area contributed by atoms with E-state index in [2.05, 4.69) is 275 Å². The molecule has 1 aliphatic rings. The first-order valence-corrected chi connectivity index (χ1v) is 25.7. The van der Waals surface area contributed by atoms with Gasteiger partial charge in [-0.3, -0.25) is 0 Å². The Hall–Kier alpha value is -7.62. The van der Waals surface area contributed by atoms with Crippen molar-refractivity contribution >= 4 is 51.2 Å². The highest BCUT2D eigenvalue weighted by molar-refractivity contribution is 5.92. The lowest BCUT2D eigenvalue weighted by atomic mass is 9.62. The van der Waals surface area contributed by atoms with Gasteiger partial charge in [0.25, 0.3) is 0 Å². The predicted octanol–water partition coefficient (Wildman–Crippen LogP) is 19.1. The first-order chi connectivity index (χ1) is 34.5. The van der Waals surface area contributed by atoms with Crippen LogP contribution in [-0.4, -0.2) is 0 Å². The maximum Gasteiger partial charge on any atom is 0.0743 e. The van der Waals surface area contributed by atoms with Gasteiger partial charge in [-0.25, -0.2) is 0 Å². The molecule has 0 atom stereocenters. The van der Waals surface area contributed by atoms with Crippen LogP contribution in [0.25, 0.3) is 0 Å². The average Bonchev–Trinajstić information content (AvgIpc) is 3.35. The molecule has 0 bridgehead atoms. The fourth-order valence-electron chi connectivity index (χ4n) is 11.7. The first-order valence-electron chi connectivity index (χ1n) is 25.7. The molecule has 3 heteroatoms. The standard InChI is InChI=1S/C69H69N3/c1-42-25-28-58(29-26-42)70-63-24-16-15-23-61(63)69(62-35-43(2)27-30-64(62)70,56-19-17-21-59(40-56)71(65-36-44(3)31-48(7)52(65)11)66-37-45(4)32-49(8)53(66)12)57-20-18-22-60(41-57)72(67-38-46(5)33-50(9)54(67)13)68-39-47(6)34-51(10)55(68)14/h15-41H,1-14H3. The van der Waals surface area contributed by atoms with E-state index in [0.29, 0.717) is 0 Å². The van der Waals surface area contributed by atoms with Crippen LogP contribution in [0, 0.1) is 96.9 Å². The zero-order chi connectivity index (χ0) is 50.9. The summed E-state index contributed by atoms with van der Waals surface area (Å²) in [4.78, 5) is 7.57. The Bertz CT molecular complexity index is 3310. The van der Waals surface area contributed by atoms with Gasteiger partial charge >= 0.3 is 0 Å². The summed E-state index contributed by atoms with van der Waals surface area (Å²) in [5, 5.41) is 0. The van der Waals surface area contributed by atoms with Crippen molar-refractivity contribution in [2.24, 2.45) is 0 Å². The normalized spacial score (nSPS) is 12.7. The Morgan fingerprint density at radius 3 is 1.12 bits per heavy atom. The van der Waals surface area contributed by atoms with Crippen LogP contribution in [0.2, 0.25) is 0 Å². The van der Waals surface area contributed by atoms with Crippen molar-refractivity contribution in [3.63, 3.8) is 0 Å². The van der Waals surface area contributed by atoms with Crippen LogP contribution in [0.1, 0.15) is 100 Å². The lowest BCUT2D eigenvalue weighted by Crippen LogP contribution is -2.38. The van der Waals surface area contributed by atoms with E-state index in [1.54, 1.807) is 0 Å². The summed E-state index contributed by atoms with van der Waals surface area (Å²) in [6.45, 7) is 31.4. The highest BCUT2D eigenvalue weighted by atomic mass is 15.2. The fourth-order valence-corrected chi connectivity index (χ4v) is 11.7. The molecule has 72 heavy (non-hydrogen) atoms. The summed E-state index contributed by atoms with van der Waals surface area (Å²) in [5.74, 6) is 0. The molecule has 0 saturated heterocycles. The number of anilines is 9. The number of benzene rings is 9. The van der Waals surface area contributed by atoms with E-state index in [0.717, 1.165) is 22.7 Å². The Morgan fingerprint density at radius 2 is 0.694 bits per heavy atom. The summed E-state index contributed by atoms with van der Waals surface area (Å²) in [7, 11) is 0. The molecular formula is C69H69N3. The zero-order valence-corrected chi connectivity index (χ0v) is 44.9. The van der Waals surface area contributed by atoms with Crippen LogP contribution in [0.3, 0.4) is 0 Å². The molecule has 10 rings (SSSR count). The van der Waals surface area contributed by atoms with Gasteiger partial charge in [0.05, 0.1) is 16.8 Å². The van der Waals surface area contributed by atoms with Gasteiger partial charge < -0.3 is 14.7 Å². The maximum atomic E-state index is 2.54. The lowest BCUT2D eigenvalue weighted by molar-refractivity contribution is 0.730. The molecule has 0 aromatic heterocycles. The van der Waals surface area contributed by atoms with Gasteiger partial charge in [-0.1, -0.05) is 102 Å². The minimum Gasteiger partial charge on any atom is -0.310 e. The molecule has 0 N–H and O–H groups in total. The van der Waals surface area contributed by atoms with Crippen molar-refractivity contribution in [2.75, 3.05) is 14.7 Å². The van der Waals surface area contributed by atoms with Crippen LogP contribution in [0.15, 0.2) is 164 Å². The molecule has 1 aliphatic heterocycles.